The molecule has 2 rings (SSSR count). The van der Waals surface area contributed by atoms with Gasteiger partial charge in [-0.05, 0) is 30.6 Å². The first kappa shape index (κ1) is 9.49. The summed E-state index contributed by atoms with van der Waals surface area (Å²) in [6.07, 6.45) is 2.17. The van der Waals surface area contributed by atoms with Gasteiger partial charge in [-0.15, -0.1) is 0 Å². The van der Waals surface area contributed by atoms with Crippen LogP contribution in [0.4, 0.5) is 0 Å². The van der Waals surface area contributed by atoms with Gasteiger partial charge in [0.05, 0.1) is 5.71 Å². The van der Waals surface area contributed by atoms with Crippen molar-refractivity contribution in [3.63, 3.8) is 0 Å². The van der Waals surface area contributed by atoms with Crippen LogP contribution in [0.1, 0.15) is 33.1 Å². The van der Waals surface area contributed by atoms with Crippen LogP contribution in [0.2, 0.25) is 0 Å². The normalized spacial score (nSPS) is 41.9. The Morgan fingerprint density at radius 2 is 2.21 bits per heavy atom. The van der Waals surface area contributed by atoms with Gasteiger partial charge < -0.3 is 10.3 Å². The van der Waals surface area contributed by atoms with E-state index in [1.54, 1.807) is 0 Å². The first-order valence-corrected chi connectivity index (χ1v) is 4.91. The average molecular weight is 197 g/mol. The number of rotatable bonds is 1. The van der Waals surface area contributed by atoms with E-state index in [2.05, 4.69) is 5.16 Å². The second-order valence-corrected chi connectivity index (χ2v) is 4.92. The van der Waals surface area contributed by atoms with Gasteiger partial charge in [-0.3, -0.25) is 4.79 Å². The summed E-state index contributed by atoms with van der Waals surface area (Å²) in [6.45, 7) is 3.94. The largest absolute Gasteiger partial charge is 0.481 e. The smallest absolute Gasteiger partial charge is 0.316 e. The van der Waals surface area contributed by atoms with Gasteiger partial charge in [-0.25, -0.2) is 0 Å². The third-order valence-electron chi connectivity index (χ3n) is 4.41. The van der Waals surface area contributed by atoms with Crippen molar-refractivity contribution in [2.75, 3.05) is 0 Å². The first-order chi connectivity index (χ1) is 6.46. The summed E-state index contributed by atoms with van der Waals surface area (Å²) in [6, 6.07) is 0. The zero-order valence-electron chi connectivity index (χ0n) is 8.45. The molecule has 2 fully saturated rings. The Morgan fingerprint density at radius 1 is 1.57 bits per heavy atom. The molecule has 0 amide bonds. The molecule has 2 atom stereocenters. The Kier molecular flexibility index (Phi) is 1.69. The van der Waals surface area contributed by atoms with Crippen molar-refractivity contribution < 1.29 is 15.1 Å². The molecule has 0 heterocycles. The number of carboxylic acids is 1. The zero-order chi connectivity index (χ0) is 10.6. The van der Waals surface area contributed by atoms with Crippen molar-refractivity contribution in [3.05, 3.63) is 0 Å². The van der Waals surface area contributed by atoms with E-state index in [9.17, 15) is 9.90 Å². The number of hydrogen-bond donors (Lipinski definition) is 2. The van der Waals surface area contributed by atoms with Gasteiger partial charge >= 0.3 is 5.97 Å². The molecule has 0 aromatic carbocycles. The van der Waals surface area contributed by atoms with Crippen molar-refractivity contribution in [1.29, 1.82) is 0 Å². The summed E-state index contributed by atoms with van der Waals surface area (Å²) in [7, 11) is 0. The van der Waals surface area contributed by atoms with E-state index in [1.807, 2.05) is 13.8 Å². The second-order valence-electron chi connectivity index (χ2n) is 4.92. The van der Waals surface area contributed by atoms with Crippen molar-refractivity contribution in [2.45, 2.75) is 33.1 Å². The van der Waals surface area contributed by atoms with Gasteiger partial charge in [-0.1, -0.05) is 19.0 Å². The second kappa shape index (κ2) is 2.49. The molecule has 4 nitrogen and oxygen atoms in total. The van der Waals surface area contributed by atoms with E-state index < -0.39 is 11.4 Å². The maximum absolute atomic E-state index is 11.4. The molecule has 14 heavy (non-hydrogen) atoms. The van der Waals surface area contributed by atoms with Gasteiger partial charge in [0, 0.05) is 0 Å². The fraction of sp³-hybridized carbons (Fsp3) is 0.800. The number of aliphatic carboxylic acids is 1. The maximum atomic E-state index is 11.4. The standard InChI is InChI=1S/C10H15NO3/c1-9(2)6-3-4-10(9,8(12)13)7(5-6)11-14/h6,14H,3-5H2,1-2H3,(H,12,13)/b11-7-/t6-,10-/m1/s1. The highest BCUT2D eigenvalue weighted by molar-refractivity contribution is 6.09. The van der Waals surface area contributed by atoms with E-state index in [0.717, 1.165) is 6.42 Å². The minimum atomic E-state index is -0.910. The third kappa shape index (κ3) is 0.751. The molecule has 2 saturated carbocycles. The van der Waals surface area contributed by atoms with Crippen LogP contribution in [-0.4, -0.2) is 22.0 Å². The quantitative estimate of drug-likeness (QED) is 0.496. The minimum absolute atomic E-state index is 0.277. The molecule has 78 valence electrons. The zero-order valence-corrected chi connectivity index (χ0v) is 8.45. The van der Waals surface area contributed by atoms with E-state index >= 15 is 0 Å². The highest BCUT2D eigenvalue weighted by Gasteiger charge is 2.67. The highest BCUT2D eigenvalue weighted by atomic mass is 16.4. The van der Waals surface area contributed by atoms with E-state index in [-0.39, 0.29) is 5.41 Å². The van der Waals surface area contributed by atoms with Crippen LogP contribution in [0.15, 0.2) is 5.16 Å². The molecule has 0 unspecified atom stereocenters. The third-order valence-corrected chi connectivity index (χ3v) is 4.41. The lowest BCUT2D eigenvalue weighted by Crippen LogP contribution is -2.43. The fourth-order valence-corrected chi connectivity index (χ4v) is 3.34. The number of oxime groups is 1. The summed E-state index contributed by atoms with van der Waals surface area (Å²) in [5, 5.41) is 21.4. The molecule has 0 spiro atoms. The highest BCUT2D eigenvalue weighted by Crippen LogP contribution is 2.64. The van der Waals surface area contributed by atoms with Crippen LogP contribution in [0.3, 0.4) is 0 Å². The maximum Gasteiger partial charge on any atom is 0.316 e. The molecule has 0 saturated heterocycles. The molecule has 2 N–H and O–H groups in total. The Labute approximate surface area is 82.6 Å². The molecule has 0 aromatic heterocycles. The lowest BCUT2D eigenvalue weighted by Gasteiger charge is -2.33. The van der Waals surface area contributed by atoms with Crippen molar-refractivity contribution in [1.82, 2.24) is 0 Å². The summed E-state index contributed by atoms with van der Waals surface area (Å²) in [4.78, 5) is 11.4. The Morgan fingerprint density at radius 3 is 2.57 bits per heavy atom. The van der Waals surface area contributed by atoms with Crippen molar-refractivity contribution in [2.24, 2.45) is 21.9 Å². The van der Waals surface area contributed by atoms with Crippen LogP contribution >= 0.6 is 0 Å². The molecular weight excluding hydrogens is 182 g/mol. The lowest BCUT2D eigenvalue weighted by molar-refractivity contribution is -0.148. The predicted octanol–water partition coefficient (Wildman–Crippen LogP) is 1.73. The van der Waals surface area contributed by atoms with Crippen LogP contribution < -0.4 is 0 Å². The number of hydrogen-bond acceptors (Lipinski definition) is 3. The topological polar surface area (TPSA) is 69.9 Å². The van der Waals surface area contributed by atoms with Gasteiger partial charge in [0.2, 0.25) is 0 Å². The molecule has 0 aliphatic heterocycles. The number of carboxylic acid groups (broad SMARTS) is 1. The average Bonchev–Trinajstić information content (AvgIpc) is 2.51. The van der Waals surface area contributed by atoms with E-state index in [0.29, 0.717) is 24.5 Å². The fourth-order valence-electron chi connectivity index (χ4n) is 3.34. The molecular formula is C10H15NO3. The van der Waals surface area contributed by atoms with Crippen LogP contribution in [0.25, 0.3) is 0 Å². The molecule has 0 aromatic rings. The Balaban J connectivity index is 2.57. The van der Waals surface area contributed by atoms with E-state index in [1.165, 1.54) is 0 Å². The molecule has 0 radical (unpaired) electrons. The van der Waals surface area contributed by atoms with Gasteiger partial charge in [0.25, 0.3) is 0 Å². The number of fused-ring (bicyclic) bond motifs is 2. The summed E-state index contributed by atoms with van der Waals surface area (Å²) in [5.74, 6) is -0.486. The summed E-state index contributed by atoms with van der Waals surface area (Å²) < 4.78 is 0. The monoisotopic (exact) mass is 197 g/mol. The molecule has 4 heteroatoms. The molecule has 2 aliphatic rings. The molecule has 2 bridgehead atoms. The first-order valence-electron chi connectivity index (χ1n) is 4.91. The van der Waals surface area contributed by atoms with Crippen LogP contribution in [0, 0.1) is 16.7 Å². The van der Waals surface area contributed by atoms with E-state index in [4.69, 9.17) is 5.21 Å². The summed E-state index contributed by atoms with van der Waals surface area (Å²) in [5.41, 5.74) is -0.724. The predicted molar refractivity (Wildman–Crippen MR) is 50.4 cm³/mol. The Hall–Kier alpha value is -1.06. The van der Waals surface area contributed by atoms with Crippen molar-refractivity contribution in [3.8, 4) is 0 Å². The van der Waals surface area contributed by atoms with Gasteiger partial charge in [-0.2, -0.15) is 0 Å². The van der Waals surface area contributed by atoms with Crippen LogP contribution in [0.5, 0.6) is 0 Å². The minimum Gasteiger partial charge on any atom is -0.481 e. The van der Waals surface area contributed by atoms with Gasteiger partial charge in [0.1, 0.15) is 5.41 Å². The Bertz CT molecular complexity index is 321. The lowest BCUT2D eigenvalue weighted by atomic mass is 9.69. The molecule has 2 aliphatic carbocycles. The van der Waals surface area contributed by atoms with Crippen molar-refractivity contribution >= 4 is 11.7 Å². The number of nitrogens with zero attached hydrogens (tertiary/aromatic N) is 1. The SMILES string of the molecule is CC1(C)[C@@H]2CC[C@]1(C(=O)O)/C(=N\O)C2. The number of carbonyl (C=O) groups is 1. The van der Waals surface area contributed by atoms with Crippen LogP contribution in [-0.2, 0) is 4.79 Å². The van der Waals surface area contributed by atoms with Gasteiger partial charge in [0.15, 0.2) is 0 Å². The summed E-state index contributed by atoms with van der Waals surface area (Å²) >= 11 is 0.